The highest BCUT2D eigenvalue weighted by Gasteiger charge is 2.21. The van der Waals surface area contributed by atoms with E-state index in [0.717, 1.165) is 0 Å². The molecule has 0 bridgehead atoms. The van der Waals surface area contributed by atoms with E-state index in [-0.39, 0.29) is 0 Å². The molecule has 48 valence electrons. The molecule has 0 spiro atoms. The van der Waals surface area contributed by atoms with Crippen LogP contribution in [0.3, 0.4) is 0 Å². The van der Waals surface area contributed by atoms with Crippen LogP contribution in [0.2, 0.25) is 0 Å². The Labute approximate surface area is 53.3 Å². The predicted molar refractivity (Wildman–Crippen MR) is 34.0 cm³/mol. The third-order valence-electron chi connectivity index (χ3n) is 1.14. The van der Waals surface area contributed by atoms with E-state index in [4.69, 9.17) is 16.0 Å². The van der Waals surface area contributed by atoms with Gasteiger partial charge in [-0.3, -0.25) is 0 Å². The lowest BCUT2D eigenvalue weighted by Crippen LogP contribution is -2.11. The van der Waals surface area contributed by atoms with Crippen molar-refractivity contribution in [3.8, 4) is 0 Å². The molecule has 1 fully saturated rings. The fourth-order valence-corrected chi connectivity index (χ4v) is 2.06. The second kappa shape index (κ2) is 2.38. The molecule has 1 heterocycles. The van der Waals surface area contributed by atoms with Crippen molar-refractivity contribution in [2.75, 3.05) is 25.5 Å². The first-order valence-corrected chi connectivity index (χ1v) is 5.54. The Morgan fingerprint density at radius 2 is 1.88 bits per heavy atom. The van der Waals surface area contributed by atoms with Gasteiger partial charge in [-0.25, -0.2) is 0 Å². The zero-order valence-electron chi connectivity index (χ0n) is 4.47. The summed E-state index contributed by atoms with van der Waals surface area (Å²) in [7, 11) is 0. The molecule has 2 nitrogen and oxygen atoms in total. The zero-order valence-corrected chi connectivity index (χ0v) is 6.12. The second-order valence-corrected chi connectivity index (χ2v) is 6.17. The maximum Gasteiger partial charge on any atom is 0.174 e. The summed E-state index contributed by atoms with van der Waals surface area (Å²) in [5, 5.41) is 0. The van der Waals surface area contributed by atoms with Gasteiger partial charge < -0.3 is 9.30 Å². The molecule has 0 aliphatic carbocycles. The van der Waals surface area contributed by atoms with Crippen molar-refractivity contribution in [2.24, 2.45) is 0 Å². The van der Waals surface area contributed by atoms with Crippen molar-refractivity contribution >= 4 is 17.7 Å². The fourth-order valence-electron chi connectivity index (χ4n) is 0.616. The molecule has 0 atom stereocenters. The van der Waals surface area contributed by atoms with Crippen LogP contribution in [0.4, 0.5) is 0 Å². The zero-order chi connectivity index (χ0) is 6.04. The van der Waals surface area contributed by atoms with Crippen molar-refractivity contribution in [3.05, 3.63) is 0 Å². The highest BCUT2D eigenvalue weighted by molar-refractivity contribution is 7.89. The molecule has 1 aliphatic heterocycles. The number of rotatable bonds is 0. The molecule has 4 heteroatoms. The Kier molecular flexibility index (Phi) is 1.97. The molecule has 0 aromatic heterocycles. The van der Waals surface area contributed by atoms with Gasteiger partial charge in [-0.15, -0.1) is 0 Å². The summed E-state index contributed by atoms with van der Waals surface area (Å²) >= 11 is 5.55. The topological polar surface area (TPSA) is 26.3 Å². The lowest BCUT2D eigenvalue weighted by Gasteiger charge is -2.15. The Hall–Kier alpha value is 0.480. The first-order chi connectivity index (χ1) is 3.71. The molecular formula is C4H8ClO2P. The highest BCUT2D eigenvalue weighted by Crippen LogP contribution is 2.51. The molecule has 1 rings (SSSR count). The van der Waals surface area contributed by atoms with E-state index in [0.29, 0.717) is 25.5 Å². The molecule has 0 amide bonds. The molecule has 1 saturated heterocycles. The molecule has 0 radical (unpaired) electrons. The smallest absolute Gasteiger partial charge is 0.174 e. The van der Waals surface area contributed by atoms with Gasteiger partial charge in [0.2, 0.25) is 0 Å². The molecule has 1 aliphatic rings. The minimum Gasteiger partial charge on any atom is -0.380 e. The van der Waals surface area contributed by atoms with Gasteiger partial charge >= 0.3 is 0 Å². The van der Waals surface area contributed by atoms with Crippen molar-refractivity contribution in [1.29, 1.82) is 0 Å². The van der Waals surface area contributed by atoms with E-state index in [1.807, 2.05) is 0 Å². The van der Waals surface area contributed by atoms with Gasteiger partial charge in [-0.05, 0) is 0 Å². The Bertz CT molecular complexity index is 115. The van der Waals surface area contributed by atoms with E-state index in [2.05, 4.69) is 0 Å². The number of hydrogen-bond acceptors (Lipinski definition) is 2. The number of hydrogen-bond donors (Lipinski definition) is 0. The predicted octanol–water partition coefficient (Wildman–Crippen LogP) is 1.53. The molecule has 0 aromatic rings. The molecule has 0 unspecified atom stereocenters. The van der Waals surface area contributed by atoms with E-state index in [9.17, 15) is 4.57 Å². The Morgan fingerprint density at radius 3 is 2.12 bits per heavy atom. The molecule has 0 aromatic carbocycles. The summed E-state index contributed by atoms with van der Waals surface area (Å²) in [5.41, 5.74) is 0. The molecular weight excluding hydrogens is 146 g/mol. The van der Waals surface area contributed by atoms with Crippen molar-refractivity contribution in [2.45, 2.75) is 0 Å². The first kappa shape index (κ1) is 6.60. The normalized spacial score (nSPS) is 27.6. The summed E-state index contributed by atoms with van der Waals surface area (Å²) in [6.45, 7) is -1.10. The number of ether oxygens (including phenoxy) is 1. The second-order valence-electron chi connectivity index (χ2n) is 1.85. The van der Waals surface area contributed by atoms with Crippen molar-refractivity contribution < 1.29 is 9.30 Å². The van der Waals surface area contributed by atoms with Crippen LogP contribution in [-0.2, 0) is 9.30 Å². The summed E-state index contributed by atoms with van der Waals surface area (Å²) in [4.78, 5) is 0. The SMILES string of the molecule is O=P1(Cl)CCOCC1. The molecule has 0 N–H and O–H groups in total. The van der Waals surface area contributed by atoms with Gasteiger partial charge in [0, 0.05) is 12.3 Å². The maximum absolute atomic E-state index is 10.9. The average molecular weight is 155 g/mol. The van der Waals surface area contributed by atoms with Crippen LogP contribution in [-0.4, -0.2) is 25.5 Å². The summed E-state index contributed by atoms with van der Waals surface area (Å²) in [6, 6.07) is 0. The van der Waals surface area contributed by atoms with Gasteiger partial charge in [0.15, 0.2) is 6.49 Å². The third kappa shape index (κ3) is 1.77. The van der Waals surface area contributed by atoms with Crippen LogP contribution in [0.25, 0.3) is 0 Å². The standard InChI is InChI=1S/C4H8ClO2P/c5-8(6)3-1-7-2-4-8/h1-4H2. The van der Waals surface area contributed by atoms with Gasteiger partial charge in [-0.1, -0.05) is 11.2 Å². The van der Waals surface area contributed by atoms with Crippen LogP contribution >= 0.6 is 17.7 Å². The fraction of sp³-hybridized carbons (Fsp3) is 1.00. The Balaban J connectivity index is 2.45. The third-order valence-corrected chi connectivity index (χ3v) is 3.85. The summed E-state index contributed by atoms with van der Waals surface area (Å²) < 4.78 is 15.9. The van der Waals surface area contributed by atoms with E-state index >= 15 is 0 Å². The quantitative estimate of drug-likeness (QED) is 0.495. The van der Waals surface area contributed by atoms with Gasteiger partial charge in [0.25, 0.3) is 0 Å². The Morgan fingerprint density at radius 1 is 1.38 bits per heavy atom. The van der Waals surface area contributed by atoms with Gasteiger partial charge in [0.1, 0.15) is 0 Å². The number of halogens is 1. The van der Waals surface area contributed by atoms with Gasteiger partial charge in [-0.2, -0.15) is 0 Å². The van der Waals surface area contributed by atoms with E-state index < -0.39 is 6.49 Å². The van der Waals surface area contributed by atoms with Crippen molar-refractivity contribution in [3.63, 3.8) is 0 Å². The molecule has 0 saturated carbocycles. The van der Waals surface area contributed by atoms with Gasteiger partial charge in [0.05, 0.1) is 13.2 Å². The lowest BCUT2D eigenvalue weighted by molar-refractivity contribution is 0.156. The van der Waals surface area contributed by atoms with Crippen LogP contribution < -0.4 is 0 Å². The largest absolute Gasteiger partial charge is 0.380 e. The summed E-state index contributed by atoms with van der Waals surface area (Å²) in [5.74, 6) is 0. The average Bonchev–Trinajstić information content (AvgIpc) is 1.65. The summed E-state index contributed by atoms with van der Waals surface area (Å²) in [6.07, 6.45) is 1.10. The van der Waals surface area contributed by atoms with E-state index in [1.54, 1.807) is 0 Å². The van der Waals surface area contributed by atoms with Crippen LogP contribution in [0, 0.1) is 0 Å². The van der Waals surface area contributed by atoms with Crippen molar-refractivity contribution in [1.82, 2.24) is 0 Å². The lowest BCUT2D eigenvalue weighted by atomic mass is 10.8. The van der Waals surface area contributed by atoms with E-state index in [1.165, 1.54) is 0 Å². The minimum atomic E-state index is -2.24. The highest BCUT2D eigenvalue weighted by atomic mass is 35.7. The first-order valence-electron chi connectivity index (χ1n) is 2.56. The van der Waals surface area contributed by atoms with Crippen LogP contribution in [0.15, 0.2) is 0 Å². The minimum absolute atomic E-state index is 0.550. The monoisotopic (exact) mass is 154 g/mol. The molecule has 8 heavy (non-hydrogen) atoms. The van der Waals surface area contributed by atoms with Crippen LogP contribution in [0.1, 0.15) is 0 Å². The van der Waals surface area contributed by atoms with Crippen LogP contribution in [0.5, 0.6) is 0 Å². The maximum atomic E-state index is 10.9.